The summed E-state index contributed by atoms with van der Waals surface area (Å²) in [4.78, 5) is 0. The molecule has 22 heavy (non-hydrogen) atoms. The topological polar surface area (TPSA) is 29.5 Å². The Morgan fingerprint density at radius 3 is 2.64 bits per heavy atom. The van der Waals surface area contributed by atoms with Gasteiger partial charge in [0.05, 0.1) is 17.8 Å². The molecule has 2 heterocycles. The van der Waals surface area contributed by atoms with Gasteiger partial charge in [0.2, 0.25) is 0 Å². The molecule has 2 nitrogen and oxygen atoms in total. The molecule has 2 heteroatoms. The molecule has 0 aliphatic carbocycles. The van der Waals surface area contributed by atoms with E-state index in [4.69, 9.17) is 4.74 Å². The average molecular weight is 304 g/mol. The van der Waals surface area contributed by atoms with Crippen molar-refractivity contribution in [3.8, 4) is 0 Å². The Morgan fingerprint density at radius 1 is 1.27 bits per heavy atom. The lowest BCUT2D eigenvalue weighted by molar-refractivity contribution is -0.0969. The summed E-state index contributed by atoms with van der Waals surface area (Å²) >= 11 is 0. The molecule has 0 spiro atoms. The van der Waals surface area contributed by atoms with Crippen LogP contribution in [0, 0.1) is 5.92 Å². The maximum absolute atomic E-state index is 10.9. The minimum absolute atomic E-state index is 0.0820. The molecule has 124 valence electrons. The number of fused-ring (bicyclic) bond motifs is 2. The van der Waals surface area contributed by atoms with Crippen molar-refractivity contribution in [1.29, 1.82) is 0 Å². The predicted octanol–water partition coefficient (Wildman–Crippen LogP) is 4.94. The van der Waals surface area contributed by atoms with Gasteiger partial charge < -0.3 is 9.84 Å². The van der Waals surface area contributed by atoms with E-state index in [0.717, 1.165) is 38.5 Å². The molecule has 1 saturated heterocycles. The van der Waals surface area contributed by atoms with Crippen molar-refractivity contribution in [3.05, 3.63) is 35.5 Å². The summed E-state index contributed by atoms with van der Waals surface area (Å²) in [5, 5.41) is 10.9. The van der Waals surface area contributed by atoms with Crippen LogP contribution in [0.25, 0.3) is 0 Å². The summed E-state index contributed by atoms with van der Waals surface area (Å²) in [5.41, 5.74) is 3.23. The normalized spacial score (nSPS) is 37.4. The lowest BCUT2D eigenvalue weighted by Crippen LogP contribution is -2.39. The molecule has 0 radical (unpaired) electrons. The van der Waals surface area contributed by atoms with Gasteiger partial charge in [-0.2, -0.15) is 0 Å². The number of rotatable bonds is 1. The molecule has 2 rings (SSSR count). The van der Waals surface area contributed by atoms with Gasteiger partial charge in [0.15, 0.2) is 0 Å². The zero-order chi connectivity index (χ0) is 16.3. The minimum Gasteiger partial charge on any atom is -0.387 e. The van der Waals surface area contributed by atoms with E-state index < -0.39 is 5.60 Å². The van der Waals surface area contributed by atoms with Gasteiger partial charge in [-0.1, -0.05) is 35.5 Å². The van der Waals surface area contributed by atoms with Crippen LogP contribution in [0.2, 0.25) is 0 Å². The van der Waals surface area contributed by atoms with Crippen molar-refractivity contribution in [2.75, 3.05) is 0 Å². The van der Waals surface area contributed by atoms with Crippen molar-refractivity contribution < 1.29 is 9.84 Å². The molecule has 1 fully saturated rings. The Morgan fingerprint density at radius 2 is 1.95 bits per heavy atom. The highest BCUT2D eigenvalue weighted by Gasteiger charge is 2.43. The van der Waals surface area contributed by atoms with Gasteiger partial charge >= 0.3 is 0 Å². The van der Waals surface area contributed by atoms with Crippen molar-refractivity contribution in [1.82, 2.24) is 0 Å². The summed E-state index contributed by atoms with van der Waals surface area (Å²) in [5.74, 6) is 0.361. The molecule has 4 atom stereocenters. The van der Waals surface area contributed by atoms with Crippen LogP contribution in [0.5, 0.6) is 0 Å². The summed E-state index contributed by atoms with van der Waals surface area (Å²) in [7, 11) is 0. The molecule has 0 saturated carbocycles. The van der Waals surface area contributed by atoms with E-state index in [2.05, 4.69) is 39.5 Å². The second-order valence-electron chi connectivity index (χ2n) is 7.59. The monoisotopic (exact) mass is 304 g/mol. The summed E-state index contributed by atoms with van der Waals surface area (Å²) in [6, 6.07) is 0. The maximum Gasteiger partial charge on any atom is 0.0883 e. The molecule has 2 aliphatic rings. The van der Waals surface area contributed by atoms with Crippen LogP contribution in [-0.4, -0.2) is 22.9 Å². The Hall–Kier alpha value is -0.860. The standard InChI is InChI=1S/C20H32O2/c1-14(2)17-13-19-20(5,21)11-7-10-15(3)8-6-9-16(4)12-18(17)22-19/h9-10,17-19,21H,1,6-8,11-13H2,2-5H3. The van der Waals surface area contributed by atoms with Gasteiger partial charge in [-0.15, -0.1) is 0 Å². The Labute approximate surface area is 136 Å². The highest BCUT2D eigenvalue weighted by molar-refractivity contribution is 5.12. The first-order chi connectivity index (χ1) is 10.3. The zero-order valence-corrected chi connectivity index (χ0v) is 14.7. The maximum atomic E-state index is 10.9. The first kappa shape index (κ1) is 17.5. The van der Waals surface area contributed by atoms with Crippen molar-refractivity contribution in [3.63, 3.8) is 0 Å². The highest BCUT2D eigenvalue weighted by atomic mass is 16.5. The molecule has 4 unspecified atom stereocenters. The van der Waals surface area contributed by atoms with E-state index in [0.29, 0.717) is 5.92 Å². The van der Waals surface area contributed by atoms with Crippen LogP contribution >= 0.6 is 0 Å². The van der Waals surface area contributed by atoms with Gasteiger partial charge in [-0.05, 0) is 66.2 Å². The van der Waals surface area contributed by atoms with Crippen molar-refractivity contribution in [2.24, 2.45) is 5.92 Å². The Balaban J connectivity index is 2.23. The number of ether oxygens (including phenoxy) is 1. The molecular weight excluding hydrogens is 272 g/mol. The van der Waals surface area contributed by atoms with E-state index in [-0.39, 0.29) is 12.2 Å². The summed E-state index contributed by atoms with van der Waals surface area (Å²) in [6.45, 7) is 12.6. The molecule has 2 aliphatic heterocycles. The van der Waals surface area contributed by atoms with Crippen molar-refractivity contribution >= 4 is 0 Å². The molecule has 0 amide bonds. The van der Waals surface area contributed by atoms with E-state index in [1.165, 1.54) is 16.7 Å². The third-order valence-electron chi connectivity index (χ3n) is 5.28. The van der Waals surface area contributed by atoms with Crippen LogP contribution in [0.4, 0.5) is 0 Å². The second-order valence-corrected chi connectivity index (χ2v) is 7.59. The first-order valence-corrected chi connectivity index (χ1v) is 8.64. The predicted molar refractivity (Wildman–Crippen MR) is 92.8 cm³/mol. The smallest absolute Gasteiger partial charge is 0.0883 e. The first-order valence-electron chi connectivity index (χ1n) is 8.64. The fourth-order valence-electron chi connectivity index (χ4n) is 3.67. The van der Waals surface area contributed by atoms with E-state index >= 15 is 0 Å². The highest BCUT2D eigenvalue weighted by Crippen LogP contribution is 2.40. The average Bonchev–Trinajstić information content (AvgIpc) is 2.82. The SMILES string of the molecule is C=C(C)C1CC2OC1CC(C)=CCCC(C)=CCCC2(C)O. The van der Waals surface area contributed by atoms with E-state index in [9.17, 15) is 5.11 Å². The van der Waals surface area contributed by atoms with Gasteiger partial charge in [0.1, 0.15) is 0 Å². The molecule has 0 aromatic carbocycles. The summed E-state index contributed by atoms with van der Waals surface area (Å²) < 4.78 is 6.29. The van der Waals surface area contributed by atoms with Gasteiger partial charge in [-0.25, -0.2) is 0 Å². The Kier molecular flexibility index (Phi) is 5.68. The summed E-state index contributed by atoms with van der Waals surface area (Å²) in [6.07, 6.45) is 10.4. The quantitative estimate of drug-likeness (QED) is 0.695. The Bertz CT molecular complexity index is 470. The number of allylic oxidation sites excluding steroid dienone is 3. The van der Waals surface area contributed by atoms with Gasteiger partial charge in [0.25, 0.3) is 0 Å². The van der Waals surface area contributed by atoms with Crippen molar-refractivity contribution in [2.45, 2.75) is 84.0 Å². The van der Waals surface area contributed by atoms with Gasteiger partial charge in [0, 0.05) is 5.92 Å². The van der Waals surface area contributed by atoms with Crippen LogP contribution < -0.4 is 0 Å². The second kappa shape index (κ2) is 7.14. The van der Waals surface area contributed by atoms with Crippen LogP contribution in [0.1, 0.15) is 66.2 Å². The minimum atomic E-state index is -0.759. The third kappa shape index (κ3) is 4.33. The fourth-order valence-corrected chi connectivity index (χ4v) is 3.67. The van der Waals surface area contributed by atoms with Crippen LogP contribution in [0.3, 0.4) is 0 Å². The van der Waals surface area contributed by atoms with E-state index in [1.54, 1.807) is 0 Å². The number of aliphatic hydroxyl groups is 1. The van der Waals surface area contributed by atoms with Crippen LogP contribution in [-0.2, 0) is 4.74 Å². The van der Waals surface area contributed by atoms with Crippen LogP contribution in [0.15, 0.2) is 35.5 Å². The molecule has 2 bridgehead atoms. The molecule has 0 aromatic heterocycles. The molecular formula is C20H32O2. The number of hydrogen-bond donors (Lipinski definition) is 1. The fraction of sp³-hybridized carbons (Fsp3) is 0.700. The lowest BCUT2D eigenvalue weighted by atomic mass is 9.84. The number of hydrogen-bond acceptors (Lipinski definition) is 2. The molecule has 1 N–H and O–H groups in total. The lowest BCUT2D eigenvalue weighted by Gasteiger charge is -2.29. The zero-order valence-electron chi connectivity index (χ0n) is 14.7. The van der Waals surface area contributed by atoms with E-state index in [1.807, 2.05) is 6.92 Å². The third-order valence-corrected chi connectivity index (χ3v) is 5.28. The largest absolute Gasteiger partial charge is 0.387 e. The van der Waals surface area contributed by atoms with Gasteiger partial charge in [-0.3, -0.25) is 0 Å². The molecule has 0 aromatic rings.